The van der Waals surface area contributed by atoms with E-state index in [2.05, 4.69) is 16.0 Å². The van der Waals surface area contributed by atoms with Crippen molar-refractivity contribution in [1.29, 1.82) is 0 Å². The maximum atomic E-state index is 12.2. The van der Waals surface area contributed by atoms with Crippen molar-refractivity contribution in [2.45, 2.75) is 18.4 Å². The average Bonchev–Trinajstić information content (AvgIpc) is 2.96. The minimum atomic E-state index is -0.202. The van der Waals surface area contributed by atoms with Gasteiger partial charge in [-0.3, -0.25) is 0 Å². The van der Waals surface area contributed by atoms with E-state index in [0.29, 0.717) is 5.02 Å². The van der Waals surface area contributed by atoms with Crippen LogP contribution >= 0.6 is 34.5 Å². The summed E-state index contributed by atoms with van der Waals surface area (Å²) in [5.41, 5.74) is 0.719. The maximum absolute atomic E-state index is 12.2. The van der Waals surface area contributed by atoms with Crippen molar-refractivity contribution in [3.63, 3.8) is 0 Å². The highest BCUT2D eigenvalue weighted by Gasteiger charge is 2.28. The van der Waals surface area contributed by atoms with Gasteiger partial charge < -0.3 is 16.0 Å². The normalized spacial score (nSPS) is 21.0. The Balaban J connectivity index is 1.64. The van der Waals surface area contributed by atoms with Gasteiger partial charge >= 0.3 is 6.03 Å². The fourth-order valence-electron chi connectivity index (χ4n) is 2.73. The highest BCUT2D eigenvalue weighted by atomic mass is 35.5. The molecule has 122 valence electrons. The number of hydrogen-bond acceptors (Lipinski definition) is 3. The van der Waals surface area contributed by atoms with Gasteiger partial charge in [-0.2, -0.15) is 0 Å². The Hall–Kier alpha value is -1.27. The molecule has 3 rings (SSSR count). The summed E-state index contributed by atoms with van der Waals surface area (Å²) in [6, 6.07) is 10.9. The minimum absolute atomic E-state index is 0.0817. The summed E-state index contributed by atoms with van der Waals surface area (Å²) in [5, 5.41) is 9.94. The quantitative estimate of drug-likeness (QED) is 0.754. The lowest BCUT2D eigenvalue weighted by atomic mass is 9.92. The zero-order valence-electron chi connectivity index (χ0n) is 12.3. The van der Waals surface area contributed by atoms with Gasteiger partial charge in [0.25, 0.3) is 0 Å². The van der Waals surface area contributed by atoms with Crippen LogP contribution in [0.4, 0.5) is 10.5 Å². The van der Waals surface area contributed by atoms with Gasteiger partial charge in [0.05, 0.1) is 4.34 Å². The highest BCUT2D eigenvalue weighted by Crippen LogP contribution is 2.32. The van der Waals surface area contributed by atoms with Crippen LogP contribution in [-0.4, -0.2) is 25.2 Å². The minimum Gasteiger partial charge on any atom is -0.334 e. The third-order valence-electron chi connectivity index (χ3n) is 3.86. The lowest BCUT2D eigenvalue weighted by molar-refractivity contribution is 0.242. The second kappa shape index (κ2) is 7.53. The number of thiophene rings is 1. The molecule has 2 unspecified atom stereocenters. The van der Waals surface area contributed by atoms with Gasteiger partial charge in [-0.15, -0.1) is 11.3 Å². The second-order valence-electron chi connectivity index (χ2n) is 5.45. The van der Waals surface area contributed by atoms with E-state index in [-0.39, 0.29) is 18.0 Å². The van der Waals surface area contributed by atoms with Gasteiger partial charge in [0.2, 0.25) is 0 Å². The van der Waals surface area contributed by atoms with Crippen molar-refractivity contribution in [1.82, 2.24) is 10.6 Å². The van der Waals surface area contributed by atoms with Crippen molar-refractivity contribution < 1.29 is 4.79 Å². The van der Waals surface area contributed by atoms with E-state index in [9.17, 15) is 4.79 Å². The average molecular weight is 370 g/mol. The number of carbonyl (C=O) groups excluding carboxylic acids is 1. The first-order valence-electron chi connectivity index (χ1n) is 7.41. The van der Waals surface area contributed by atoms with Crippen LogP contribution < -0.4 is 16.0 Å². The summed E-state index contributed by atoms with van der Waals surface area (Å²) >= 11 is 13.5. The smallest absolute Gasteiger partial charge is 0.319 e. The summed E-state index contributed by atoms with van der Waals surface area (Å²) in [6.45, 7) is 1.73. The van der Waals surface area contributed by atoms with E-state index < -0.39 is 0 Å². The van der Waals surface area contributed by atoms with E-state index in [1.54, 1.807) is 35.6 Å². The van der Waals surface area contributed by atoms with Crippen LogP contribution in [-0.2, 0) is 0 Å². The number of anilines is 1. The van der Waals surface area contributed by atoms with Crippen molar-refractivity contribution >= 4 is 46.3 Å². The molecule has 23 heavy (non-hydrogen) atoms. The molecular weight excluding hydrogens is 353 g/mol. The van der Waals surface area contributed by atoms with Crippen LogP contribution in [0.15, 0.2) is 36.4 Å². The third kappa shape index (κ3) is 4.38. The van der Waals surface area contributed by atoms with Gasteiger partial charge in [0.1, 0.15) is 0 Å². The Labute approximate surface area is 149 Å². The first-order chi connectivity index (χ1) is 11.1. The standard InChI is InChI=1S/C16H17Cl2N3OS/c17-10-1-3-11(4-2-10)20-16(22)21-13-7-8-19-9-12(13)14-5-6-15(18)23-14/h1-6,12-13,19H,7-9H2,(H2,20,21,22). The van der Waals surface area contributed by atoms with E-state index in [0.717, 1.165) is 29.5 Å². The molecule has 1 aromatic heterocycles. The number of piperidine rings is 1. The van der Waals surface area contributed by atoms with Crippen LogP contribution in [0.2, 0.25) is 9.36 Å². The predicted octanol–water partition coefficient (Wildman–Crippen LogP) is 4.32. The number of hydrogen-bond donors (Lipinski definition) is 3. The Bertz CT molecular complexity index is 674. The summed E-state index contributed by atoms with van der Waals surface area (Å²) in [4.78, 5) is 13.4. The zero-order chi connectivity index (χ0) is 16.2. The summed E-state index contributed by atoms with van der Waals surface area (Å²) in [7, 11) is 0. The largest absolute Gasteiger partial charge is 0.334 e. The van der Waals surface area contributed by atoms with E-state index in [4.69, 9.17) is 23.2 Å². The van der Waals surface area contributed by atoms with Crippen LogP contribution in [0, 0.1) is 0 Å². The Kier molecular flexibility index (Phi) is 5.43. The first-order valence-corrected chi connectivity index (χ1v) is 8.98. The molecule has 0 radical (unpaired) electrons. The number of rotatable bonds is 3. The highest BCUT2D eigenvalue weighted by molar-refractivity contribution is 7.16. The van der Waals surface area contributed by atoms with E-state index in [1.807, 2.05) is 12.1 Å². The molecule has 0 saturated carbocycles. The topological polar surface area (TPSA) is 53.2 Å². The van der Waals surface area contributed by atoms with Crippen LogP contribution in [0.1, 0.15) is 17.2 Å². The fraction of sp³-hybridized carbons (Fsp3) is 0.312. The van der Waals surface area contributed by atoms with Crippen molar-refractivity contribution in [3.05, 3.63) is 50.6 Å². The molecule has 4 nitrogen and oxygen atoms in total. The maximum Gasteiger partial charge on any atom is 0.319 e. The molecule has 0 aliphatic carbocycles. The molecule has 1 fully saturated rings. The summed E-state index contributed by atoms with van der Waals surface area (Å²) in [5.74, 6) is 0.234. The number of nitrogens with one attached hydrogen (secondary N) is 3. The Morgan fingerprint density at radius 1 is 1.17 bits per heavy atom. The van der Waals surface area contributed by atoms with Gasteiger partial charge in [0, 0.05) is 34.1 Å². The molecule has 0 bridgehead atoms. The summed E-state index contributed by atoms with van der Waals surface area (Å²) < 4.78 is 0.773. The number of urea groups is 1. The second-order valence-corrected chi connectivity index (χ2v) is 7.64. The molecule has 0 spiro atoms. The molecule has 1 aliphatic heterocycles. The molecule has 1 saturated heterocycles. The summed E-state index contributed by atoms with van der Waals surface area (Å²) in [6.07, 6.45) is 0.883. The van der Waals surface area contributed by atoms with Gasteiger partial charge in [-0.25, -0.2) is 4.79 Å². The zero-order valence-corrected chi connectivity index (χ0v) is 14.6. The molecule has 2 atom stereocenters. The van der Waals surface area contributed by atoms with Gasteiger partial charge in [-0.05, 0) is 49.4 Å². The molecule has 7 heteroatoms. The number of carbonyl (C=O) groups is 1. The molecular formula is C16H17Cl2N3OS. The van der Waals surface area contributed by atoms with Crippen LogP contribution in [0.3, 0.4) is 0 Å². The molecule has 2 amide bonds. The monoisotopic (exact) mass is 369 g/mol. The molecule has 2 heterocycles. The Morgan fingerprint density at radius 2 is 1.96 bits per heavy atom. The van der Waals surface area contributed by atoms with Crippen LogP contribution in [0.5, 0.6) is 0 Å². The third-order valence-corrected chi connectivity index (χ3v) is 5.48. The van der Waals surface area contributed by atoms with Crippen molar-refractivity contribution in [2.24, 2.45) is 0 Å². The van der Waals surface area contributed by atoms with Gasteiger partial charge in [-0.1, -0.05) is 23.2 Å². The SMILES string of the molecule is O=C(Nc1ccc(Cl)cc1)NC1CCNCC1c1ccc(Cl)s1. The first kappa shape index (κ1) is 16.6. The molecule has 3 N–H and O–H groups in total. The number of benzene rings is 1. The van der Waals surface area contributed by atoms with E-state index in [1.165, 1.54) is 4.88 Å². The molecule has 1 aromatic carbocycles. The van der Waals surface area contributed by atoms with Gasteiger partial charge in [0.15, 0.2) is 0 Å². The van der Waals surface area contributed by atoms with Crippen molar-refractivity contribution in [3.8, 4) is 0 Å². The van der Waals surface area contributed by atoms with E-state index >= 15 is 0 Å². The van der Waals surface area contributed by atoms with Crippen molar-refractivity contribution in [2.75, 3.05) is 18.4 Å². The fourth-order valence-corrected chi connectivity index (χ4v) is 4.08. The lowest BCUT2D eigenvalue weighted by Crippen LogP contribution is -2.49. The van der Waals surface area contributed by atoms with Crippen LogP contribution in [0.25, 0.3) is 0 Å². The predicted molar refractivity (Wildman–Crippen MR) is 97.0 cm³/mol. The number of amides is 2. The Morgan fingerprint density at radius 3 is 2.65 bits per heavy atom. The number of halogens is 2. The molecule has 2 aromatic rings. The molecule has 1 aliphatic rings. The lowest BCUT2D eigenvalue weighted by Gasteiger charge is -2.32.